The monoisotopic (exact) mass is 530 g/mol. The van der Waals surface area contributed by atoms with Crippen LogP contribution in [0.2, 0.25) is 0 Å². The highest BCUT2D eigenvalue weighted by atomic mass is 16.2. The van der Waals surface area contributed by atoms with Gasteiger partial charge in [0.15, 0.2) is 5.82 Å². The lowest BCUT2D eigenvalue weighted by atomic mass is 9.49. The minimum Gasteiger partial charge on any atom is -0.342 e. The van der Waals surface area contributed by atoms with Crippen LogP contribution in [0.3, 0.4) is 0 Å². The summed E-state index contributed by atoms with van der Waals surface area (Å²) in [4.78, 5) is 37.3. The zero-order valence-electron chi connectivity index (χ0n) is 23.2. The largest absolute Gasteiger partial charge is 0.342 e. The molecular formula is C31H42N6O2. The van der Waals surface area contributed by atoms with E-state index in [1.165, 1.54) is 38.5 Å². The van der Waals surface area contributed by atoms with Gasteiger partial charge in [0.05, 0.1) is 5.41 Å². The number of H-pyrrole nitrogens is 1. The molecule has 6 fully saturated rings. The van der Waals surface area contributed by atoms with Crippen molar-refractivity contribution in [1.29, 1.82) is 0 Å². The second kappa shape index (κ2) is 9.93. The fourth-order valence-corrected chi connectivity index (χ4v) is 9.27. The number of amides is 3. The number of anilines is 1. The molecule has 8 heteroatoms. The Hall–Kier alpha value is -2.90. The summed E-state index contributed by atoms with van der Waals surface area (Å²) >= 11 is 0. The summed E-state index contributed by atoms with van der Waals surface area (Å²) < 4.78 is 0. The lowest BCUT2D eigenvalue weighted by Crippen LogP contribution is -2.56. The Bertz CT molecular complexity index is 1160. The van der Waals surface area contributed by atoms with Gasteiger partial charge in [0.2, 0.25) is 5.91 Å². The molecular weight excluding hydrogens is 488 g/mol. The first kappa shape index (κ1) is 25.1. The van der Waals surface area contributed by atoms with Crippen molar-refractivity contribution >= 4 is 17.9 Å². The van der Waals surface area contributed by atoms with E-state index in [2.05, 4.69) is 20.1 Å². The second-order valence-corrected chi connectivity index (χ2v) is 13.3. The average Bonchev–Trinajstić information content (AvgIpc) is 3.47. The molecule has 2 saturated heterocycles. The predicted molar refractivity (Wildman–Crippen MR) is 150 cm³/mol. The molecule has 6 aliphatic rings. The number of hydrogen-bond acceptors (Lipinski definition) is 4. The Labute approximate surface area is 231 Å². The standard InChI is InChI=1S/C31H42N6O2/c1-35(29-32-27(33-34-29)26-5-3-2-4-6-26)30(39)37-13-9-25(10-14-37)24-7-11-36(12-8-24)28(38)31-18-21-15-22(19-31)17-23(16-21)20-31/h2-6,21-25H,7-20H2,1H3,(H,32,33,34). The van der Waals surface area contributed by atoms with Crippen LogP contribution in [0.4, 0.5) is 10.7 Å². The Morgan fingerprint density at radius 1 is 0.846 bits per heavy atom. The van der Waals surface area contributed by atoms with E-state index in [-0.39, 0.29) is 11.4 Å². The normalized spacial score (nSPS) is 31.1. The number of aromatic amines is 1. The van der Waals surface area contributed by atoms with Crippen LogP contribution >= 0.6 is 0 Å². The predicted octanol–water partition coefficient (Wildman–Crippen LogP) is 5.19. The van der Waals surface area contributed by atoms with Crippen molar-refractivity contribution in [3.05, 3.63) is 30.3 Å². The minimum absolute atomic E-state index is 0.00957. The molecule has 3 amide bonds. The third kappa shape index (κ3) is 4.63. The summed E-state index contributed by atoms with van der Waals surface area (Å²) in [6.45, 7) is 3.41. The van der Waals surface area contributed by atoms with E-state index in [1.54, 1.807) is 11.9 Å². The molecule has 0 spiro atoms. The van der Waals surface area contributed by atoms with Gasteiger partial charge in [-0.2, -0.15) is 4.98 Å². The number of rotatable bonds is 4. The van der Waals surface area contributed by atoms with Crippen molar-refractivity contribution in [1.82, 2.24) is 25.0 Å². The van der Waals surface area contributed by atoms with E-state index in [0.29, 0.717) is 29.5 Å². The van der Waals surface area contributed by atoms with Gasteiger partial charge in [0, 0.05) is 38.8 Å². The van der Waals surface area contributed by atoms with Gasteiger partial charge >= 0.3 is 6.03 Å². The number of likely N-dealkylation sites (tertiary alicyclic amines) is 2. The molecule has 1 aromatic heterocycles. The first-order valence-electron chi connectivity index (χ1n) is 15.3. The fraction of sp³-hybridized carbons (Fsp3) is 0.677. The van der Waals surface area contributed by atoms with E-state index in [1.807, 2.05) is 35.2 Å². The van der Waals surface area contributed by atoms with Crippen LogP contribution in [0.25, 0.3) is 11.4 Å². The molecule has 2 aromatic rings. The molecule has 0 unspecified atom stereocenters. The summed E-state index contributed by atoms with van der Waals surface area (Å²) in [5, 5.41) is 7.24. The number of nitrogens with zero attached hydrogens (tertiary/aromatic N) is 5. The van der Waals surface area contributed by atoms with Gasteiger partial charge in [0.25, 0.3) is 5.95 Å². The van der Waals surface area contributed by atoms with Crippen LogP contribution in [-0.2, 0) is 4.79 Å². The zero-order valence-corrected chi connectivity index (χ0v) is 23.2. The molecule has 8 nitrogen and oxygen atoms in total. The molecule has 1 aromatic carbocycles. The third-order valence-corrected chi connectivity index (χ3v) is 10.9. The first-order chi connectivity index (χ1) is 19.0. The Balaban J connectivity index is 0.901. The van der Waals surface area contributed by atoms with Crippen LogP contribution in [0.15, 0.2) is 30.3 Å². The Kier molecular flexibility index (Phi) is 6.39. The molecule has 4 saturated carbocycles. The smallest absolute Gasteiger partial charge is 0.326 e. The summed E-state index contributed by atoms with van der Waals surface area (Å²) in [5.74, 6) is 5.34. The third-order valence-electron chi connectivity index (χ3n) is 10.9. The Morgan fingerprint density at radius 2 is 1.38 bits per heavy atom. The van der Waals surface area contributed by atoms with Crippen molar-refractivity contribution < 1.29 is 9.59 Å². The van der Waals surface area contributed by atoms with Crippen LogP contribution in [0, 0.1) is 35.0 Å². The van der Waals surface area contributed by atoms with E-state index in [9.17, 15) is 9.59 Å². The lowest BCUT2D eigenvalue weighted by Gasteiger charge is -2.57. The molecule has 2 aliphatic heterocycles. The van der Waals surface area contributed by atoms with Crippen molar-refractivity contribution in [3.63, 3.8) is 0 Å². The number of hydrogen-bond donors (Lipinski definition) is 1. The van der Waals surface area contributed by atoms with Crippen LogP contribution in [-0.4, -0.2) is 70.1 Å². The lowest BCUT2D eigenvalue weighted by molar-refractivity contribution is -0.159. The number of urea groups is 1. The Morgan fingerprint density at radius 3 is 1.95 bits per heavy atom. The van der Waals surface area contributed by atoms with Crippen molar-refractivity contribution in [2.24, 2.45) is 35.0 Å². The SMILES string of the molecule is CN(C(=O)N1CCC(C2CCN(C(=O)C34CC5CC(CC(C5)C3)C4)CC2)CC1)c1n[nH]c(-c2ccccc2)n1. The average molecular weight is 531 g/mol. The number of piperidine rings is 2. The van der Waals surface area contributed by atoms with Crippen molar-refractivity contribution in [2.45, 2.75) is 64.2 Å². The zero-order chi connectivity index (χ0) is 26.6. The maximum Gasteiger partial charge on any atom is 0.326 e. The van der Waals surface area contributed by atoms with Gasteiger partial charge < -0.3 is 9.80 Å². The fourth-order valence-electron chi connectivity index (χ4n) is 9.27. The quantitative estimate of drug-likeness (QED) is 0.589. The number of aromatic nitrogens is 3. The van der Waals surface area contributed by atoms with Crippen LogP contribution in [0.1, 0.15) is 64.2 Å². The van der Waals surface area contributed by atoms with Gasteiger partial charge in [-0.15, -0.1) is 5.10 Å². The molecule has 4 aliphatic carbocycles. The highest BCUT2D eigenvalue weighted by Gasteiger charge is 2.55. The van der Waals surface area contributed by atoms with Crippen LogP contribution < -0.4 is 4.90 Å². The molecule has 1 N–H and O–H groups in total. The summed E-state index contributed by atoms with van der Waals surface area (Å²) in [6, 6.07) is 9.79. The van der Waals surface area contributed by atoms with E-state index < -0.39 is 0 Å². The van der Waals surface area contributed by atoms with E-state index in [0.717, 1.165) is 75.2 Å². The minimum atomic E-state index is -0.0388. The first-order valence-corrected chi connectivity index (χ1v) is 15.3. The highest BCUT2D eigenvalue weighted by Crippen LogP contribution is 2.60. The van der Waals surface area contributed by atoms with Gasteiger partial charge in [-0.05, 0) is 93.8 Å². The summed E-state index contributed by atoms with van der Waals surface area (Å²) in [7, 11) is 1.75. The molecule has 3 heterocycles. The van der Waals surface area contributed by atoms with Gasteiger partial charge in [0.1, 0.15) is 0 Å². The number of benzene rings is 1. The molecule has 0 atom stereocenters. The van der Waals surface area contributed by atoms with Crippen LogP contribution in [0.5, 0.6) is 0 Å². The maximum atomic E-state index is 13.8. The molecule has 0 radical (unpaired) electrons. The highest BCUT2D eigenvalue weighted by molar-refractivity contribution is 5.89. The summed E-state index contributed by atoms with van der Waals surface area (Å²) in [5.41, 5.74) is 0.938. The van der Waals surface area contributed by atoms with Gasteiger partial charge in [-0.25, -0.2) is 4.79 Å². The number of nitrogens with one attached hydrogen (secondary N) is 1. The number of carbonyl (C=O) groups is 2. The van der Waals surface area contributed by atoms with E-state index in [4.69, 9.17) is 0 Å². The van der Waals surface area contributed by atoms with Crippen molar-refractivity contribution in [3.8, 4) is 11.4 Å². The van der Waals surface area contributed by atoms with Gasteiger partial charge in [-0.3, -0.25) is 14.8 Å². The van der Waals surface area contributed by atoms with Gasteiger partial charge in [-0.1, -0.05) is 30.3 Å². The topological polar surface area (TPSA) is 85.4 Å². The number of carbonyl (C=O) groups excluding carboxylic acids is 2. The van der Waals surface area contributed by atoms with E-state index >= 15 is 0 Å². The summed E-state index contributed by atoms with van der Waals surface area (Å²) in [6.07, 6.45) is 12.0. The second-order valence-electron chi connectivity index (χ2n) is 13.3. The maximum absolute atomic E-state index is 13.8. The molecule has 208 valence electrons. The molecule has 8 rings (SSSR count). The molecule has 4 bridgehead atoms. The van der Waals surface area contributed by atoms with Crippen molar-refractivity contribution in [2.75, 3.05) is 38.1 Å². The molecule has 39 heavy (non-hydrogen) atoms.